The number of ether oxygens (including phenoxy) is 6. The average molecular weight is 505 g/mol. The van der Waals surface area contributed by atoms with Gasteiger partial charge in [-0.25, -0.2) is 9.86 Å². The number of hydrogen-bond acceptors (Lipinski definition) is 8. The molecule has 0 bridgehead atoms. The molecule has 3 rings (SSSR count). The zero-order valence-corrected chi connectivity index (χ0v) is 21.8. The van der Waals surface area contributed by atoms with E-state index in [1.807, 2.05) is 25.1 Å². The van der Waals surface area contributed by atoms with Gasteiger partial charge in [0.05, 0.1) is 52.9 Å². The molecular formula is C26H36N2O8. The fourth-order valence-corrected chi connectivity index (χ4v) is 4.15. The molecule has 1 fully saturated rings. The Bertz CT molecular complexity index is 1020. The molecule has 36 heavy (non-hydrogen) atoms. The van der Waals surface area contributed by atoms with E-state index in [1.54, 1.807) is 41.4 Å². The van der Waals surface area contributed by atoms with E-state index in [4.69, 9.17) is 28.4 Å². The molecule has 0 radical (unpaired) electrons. The van der Waals surface area contributed by atoms with Gasteiger partial charge in [0.2, 0.25) is 5.75 Å². The zero-order valence-electron chi connectivity index (χ0n) is 21.8. The number of carbonyl (C=O) groups excluding carboxylic acids is 1. The zero-order chi connectivity index (χ0) is 26.2. The normalized spacial score (nSPS) is 16.9. The molecule has 0 aromatic heterocycles. The molecule has 10 heteroatoms. The van der Waals surface area contributed by atoms with Crippen molar-refractivity contribution >= 4 is 11.7 Å². The topological polar surface area (TPSA) is 108 Å². The summed E-state index contributed by atoms with van der Waals surface area (Å²) in [6, 6.07) is 6.78. The van der Waals surface area contributed by atoms with Gasteiger partial charge in [-0.15, -0.1) is 0 Å². The summed E-state index contributed by atoms with van der Waals surface area (Å²) in [7, 11) is 6.27. The van der Waals surface area contributed by atoms with E-state index in [2.05, 4.69) is 5.32 Å². The van der Waals surface area contributed by atoms with Crippen LogP contribution in [0.3, 0.4) is 0 Å². The van der Waals surface area contributed by atoms with Gasteiger partial charge in [0, 0.05) is 6.54 Å². The summed E-state index contributed by atoms with van der Waals surface area (Å²) < 4.78 is 34.3. The number of anilines is 1. The van der Waals surface area contributed by atoms with Gasteiger partial charge in [-0.3, -0.25) is 5.21 Å². The number of hydrogen-bond donors (Lipinski definition) is 2. The van der Waals surface area contributed by atoms with Crippen molar-refractivity contribution in [2.24, 2.45) is 0 Å². The van der Waals surface area contributed by atoms with Crippen molar-refractivity contribution in [3.8, 4) is 28.7 Å². The molecule has 2 atom stereocenters. The molecule has 1 saturated heterocycles. The highest BCUT2D eigenvalue weighted by Crippen LogP contribution is 2.48. The van der Waals surface area contributed by atoms with E-state index in [-0.39, 0.29) is 18.8 Å². The fourth-order valence-electron chi connectivity index (χ4n) is 4.15. The van der Waals surface area contributed by atoms with Crippen LogP contribution < -0.4 is 29.0 Å². The van der Waals surface area contributed by atoms with Gasteiger partial charge < -0.3 is 33.7 Å². The van der Waals surface area contributed by atoms with Crippen LogP contribution in [0.15, 0.2) is 24.3 Å². The lowest BCUT2D eigenvalue weighted by molar-refractivity contribution is -0.0324. The lowest BCUT2D eigenvalue weighted by Crippen LogP contribution is -2.31. The summed E-state index contributed by atoms with van der Waals surface area (Å²) in [6.07, 6.45) is 1.84. The quantitative estimate of drug-likeness (QED) is 0.312. The van der Waals surface area contributed by atoms with Crippen molar-refractivity contribution in [3.63, 3.8) is 0 Å². The smallest absolute Gasteiger partial charge is 0.345 e. The van der Waals surface area contributed by atoms with Crippen molar-refractivity contribution in [3.05, 3.63) is 35.4 Å². The first-order valence-corrected chi connectivity index (χ1v) is 12.0. The van der Waals surface area contributed by atoms with Crippen molar-refractivity contribution in [1.29, 1.82) is 0 Å². The minimum atomic E-state index is -0.666. The largest absolute Gasteiger partial charge is 0.493 e. The molecule has 1 heterocycles. The van der Waals surface area contributed by atoms with E-state index in [0.29, 0.717) is 46.1 Å². The molecule has 0 saturated carbocycles. The lowest BCUT2D eigenvalue weighted by Gasteiger charge is -2.22. The number of rotatable bonds is 11. The maximum Gasteiger partial charge on any atom is 0.345 e. The number of methoxy groups -OCH3 is 4. The van der Waals surface area contributed by atoms with Crippen LogP contribution in [0.1, 0.15) is 56.4 Å². The predicted octanol–water partition coefficient (Wildman–Crippen LogP) is 5.35. The van der Waals surface area contributed by atoms with Crippen LogP contribution in [-0.4, -0.2) is 57.9 Å². The molecule has 0 spiro atoms. The standard InChI is InChI=1S/C26H36N2O8/c1-7-11-35-24-18(27-26(29)28(30)8-2)12-16(13-21(24)31-3)19-9-10-20(36-19)17-14-22(32-4)25(34-6)23(15-17)33-5/h12-15,19-20,30H,7-11H2,1-6H3,(H,27,29)/t19-,20-/m0/s1. The fraction of sp³-hybridized carbons (Fsp3) is 0.500. The van der Waals surface area contributed by atoms with E-state index < -0.39 is 6.03 Å². The van der Waals surface area contributed by atoms with Crippen LogP contribution in [0.4, 0.5) is 10.5 Å². The third-order valence-electron chi connectivity index (χ3n) is 5.97. The van der Waals surface area contributed by atoms with Gasteiger partial charge in [0.1, 0.15) is 0 Å². The maximum absolute atomic E-state index is 12.4. The number of urea groups is 1. The Hall–Kier alpha value is -3.37. The molecule has 0 aliphatic carbocycles. The van der Waals surface area contributed by atoms with Crippen molar-refractivity contribution in [2.45, 2.75) is 45.3 Å². The number of nitrogens with zero attached hydrogens (tertiary/aromatic N) is 1. The van der Waals surface area contributed by atoms with Gasteiger partial charge in [-0.1, -0.05) is 6.92 Å². The monoisotopic (exact) mass is 504 g/mol. The van der Waals surface area contributed by atoms with Gasteiger partial charge >= 0.3 is 6.03 Å². The van der Waals surface area contributed by atoms with Gasteiger partial charge in [0.25, 0.3) is 0 Å². The van der Waals surface area contributed by atoms with Crippen LogP contribution in [0.5, 0.6) is 28.7 Å². The summed E-state index contributed by atoms with van der Waals surface area (Å²) >= 11 is 0. The van der Waals surface area contributed by atoms with Gasteiger partial charge in [-0.2, -0.15) is 0 Å². The second-order valence-corrected chi connectivity index (χ2v) is 8.24. The molecule has 1 aliphatic rings. The first kappa shape index (κ1) is 27.2. The summed E-state index contributed by atoms with van der Waals surface area (Å²) in [4.78, 5) is 12.4. The van der Waals surface area contributed by atoms with E-state index in [9.17, 15) is 10.0 Å². The van der Waals surface area contributed by atoms with E-state index in [0.717, 1.165) is 30.4 Å². The highest BCUT2D eigenvalue weighted by atomic mass is 16.5. The van der Waals surface area contributed by atoms with Crippen LogP contribution in [-0.2, 0) is 4.74 Å². The predicted molar refractivity (Wildman–Crippen MR) is 134 cm³/mol. The molecule has 198 valence electrons. The summed E-state index contributed by atoms with van der Waals surface area (Å²) in [5.41, 5.74) is 2.13. The minimum Gasteiger partial charge on any atom is -0.493 e. The SMILES string of the molecule is CCCOc1c(NC(=O)N(O)CC)cc([C@@H]2CC[C@@H](c3cc(OC)c(OC)c(OC)c3)O2)cc1OC. The Balaban J connectivity index is 1.92. The van der Waals surface area contributed by atoms with Crippen molar-refractivity contribution in [2.75, 3.05) is 46.9 Å². The first-order chi connectivity index (χ1) is 17.4. The van der Waals surface area contributed by atoms with Crippen LogP contribution in [0.2, 0.25) is 0 Å². The Morgan fingerprint density at radius 3 is 1.92 bits per heavy atom. The van der Waals surface area contributed by atoms with Crippen molar-refractivity contribution < 1.29 is 38.4 Å². The third-order valence-corrected chi connectivity index (χ3v) is 5.97. The number of nitrogens with one attached hydrogen (secondary N) is 1. The van der Waals surface area contributed by atoms with Crippen LogP contribution in [0, 0.1) is 0 Å². The summed E-state index contributed by atoms with van der Waals surface area (Å²) in [5, 5.41) is 13.2. The highest BCUT2D eigenvalue weighted by Gasteiger charge is 2.31. The first-order valence-electron chi connectivity index (χ1n) is 12.0. The average Bonchev–Trinajstić information content (AvgIpc) is 3.40. The third kappa shape index (κ3) is 5.88. The van der Waals surface area contributed by atoms with Crippen molar-refractivity contribution in [1.82, 2.24) is 5.06 Å². The Morgan fingerprint density at radius 2 is 1.44 bits per heavy atom. The van der Waals surface area contributed by atoms with Gasteiger partial charge in [-0.05, 0) is 61.6 Å². The number of hydroxylamine groups is 2. The molecule has 2 amide bonds. The van der Waals surface area contributed by atoms with Crippen LogP contribution >= 0.6 is 0 Å². The van der Waals surface area contributed by atoms with Gasteiger partial charge in [0.15, 0.2) is 23.0 Å². The number of benzene rings is 2. The van der Waals surface area contributed by atoms with E-state index in [1.165, 1.54) is 0 Å². The molecular weight excluding hydrogens is 468 g/mol. The Kier molecular flexibility index (Phi) is 9.49. The maximum atomic E-state index is 12.4. The Labute approximate surface area is 211 Å². The summed E-state index contributed by atoms with van der Waals surface area (Å²) in [6.45, 7) is 4.23. The molecule has 0 unspecified atom stereocenters. The molecule has 1 aliphatic heterocycles. The minimum absolute atomic E-state index is 0.135. The lowest BCUT2D eigenvalue weighted by atomic mass is 10.0. The Morgan fingerprint density at radius 1 is 0.917 bits per heavy atom. The van der Waals surface area contributed by atoms with E-state index >= 15 is 0 Å². The number of amides is 2. The summed E-state index contributed by atoms with van der Waals surface area (Å²) in [5.74, 6) is 2.52. The molecule has 2 aromatic rings. The highest BCUT2D eigenvalue weighted by molar-refractivity contribution is 5.91. The second kappa shape index (κ2) is 12.5. The molecule has 2 N–H and O–H groups in total. The van der Waals surface area contributed by atoms with Crippen LogP contribution in [0.25, 0.3) is 0 Å². The molecule has 10 nitrogen and oxygen atoms in total. The molecule has 2 aromatic carbocycles. The second-order valence-electron chi connectivity index (χ2n) is 8.24. The number of carbonyl (C=O) groups is 1.